The maximum Gasteiger partial charge on any atom is 0.136 e. The molecule has 0 aliphatic rings. The molecule has 0 spiro atoms. The molecule has 0 aliphatic carbocycles. The fourth-order valence-corrected chi connectivity index (χ4v) is 1.33. The molecule has 70 valence electrons. The van der Waals surface area contributed by atoms with Crippen LogP contribution in [0, 0.1) is 0 Å². The Hall–Kier alpha value is -2.00. The standard InChI is InChI=1S/C9H9N5/c1-7(12-13-10)8-2-3-9-11-4-5-14(9)6-8/h2-7H,1H3. The van der Waals surface area contributed by atoms with Gasteiger partial charge in [0.1, 0.15) is 5.65 Å². The van der Waals surface area contributed by atoms with Crippen molar-refractivity contribution in [3.63, 3.8) is 0 Å². The number of hydrogen-bond donors (Lipinski definition) is 0. The second-order valence-electron chi connectivity index (χ2n) is 3.04. The molecule has 0 N–H and O–H groups in total. The lowest BCUT2D eigenvalue weighted by Crippen LogP contribution is -1.92. The van der Waals surface area contributed by atoms with Crippen LogP contribution in [0.4, 0.5) is 0 Å². The number of nitrogens with zero attached hydrogens (tertiary/aromatic N) is 5. The van der Waals surface area contributed by atoms with Crippen LogP contribution in [-0.4, -0.2) is 9.38 Å². The van der Waals surface area contributed by atoms with Crippen LogP contribution in [0.25, 0.3) is 16.1 Å². The third kappa shape index (κ3) is 1.41. The highest BCUT2D eigenvalue weighted by molar-refractivity contribution is 5.39. The molecule has 0 aromatic carbocycles. The molecule has 5 nitrogen and oxygen atoms in total. The third-order valence-electron chi connectivity index (χ3n) is 2.12. The summed E-state index contributed by atoms with van der Waals surface area (Å²) < 4.78 is 1.90. The molecule has 0 amide bonds. The molecule has 14 heavy (non-hydrogen) atoms. The SMILES string of the molecule is CC(N=[N+]=[N-])c1ccc2nccn2c1. The second-order valence-corrected chi connectivity index (χ2v) is 3.04. The quantitative estimate of drug-likeness (QED) is 0.405. The largest absolute Gasteiger partial charge is 0.307 e. The molecule has 0 radical (unpaired) electrons. The topological polar surface area (TPSA) is 66.1 Å². The normalized spacial score (nSPS) is 12.4. The van der Waals surface area contributed by atoms with Gasteiger partial charge in [-0.1, -0.05) is 18.1 Å². The molecular weight excluding hydrogens is 178 g/mol. The summed E-state index contributed by atoms with van der Waals surface area (Å²) >= 11 is 0. The van der Waals surface area contributed by atoms with Crippen LogP contribution >= 0.6 is 0 Å². The van der Waals surface area contributed by atoms with Gasteiger partial charge < -0.3 is 4.40 Å². The van der Waals surface area contributed by atoms with Crippen molar-refractivity contribution in [3.8, 4) is 0 Å². The zero-order chi connectivity index (χ0) is 9.97. The molecule has 2 aromatic heterocycles. The first-order chi connectivity index (χ1) is 6.81. The summed E-state index contributed by atoms with van der Waals surface area (Å²) in [6, 6.07) is 3.67. The lowest BCUT2D eigenvalue weighted by molar-refractivity contribution is 0.799. The van der Waals surface area contributed by atoms with Crippen LogP contribution in [0.1, 0.15) is 18.5 Å². The van der Waals surface area contributed by atoms with Gasteiger partial charge in [-0.05, 0) is 17.2 Å². The van der Waals surface area contributed by atoms with Gasteiger partial charge in [0.05, 0.1) is 6.04 Å². The molecule has 1 unspecified atom stereocenters. The van der Waals surface area contributed by atoms with Gasteiger partial charge in [0.2, 0.25) is 0 Å². The Labute approximate surface area is 80.6 Å². The minimum Gasteiger partial charge on any atom is -0.307 e. The number of aromatic nitrogens is 2. The van der Waals surface area contributed by atoms with Crippen LogP contribution in [-0.2, 0) is 0 Å². The fraction of sp³-hybridized carbons (Fsp3) is 0.222. The van der Waals surface area contributed by atoms with Gasteiger partial charge in [-0.15, -0.1) is 0 Å². The summed E-state index contributed by atoms with van der Waals surface area (Å²) in [7, 11) is 0. The van der Waals surface area contributed by atoms with Crippen molar-refractivity contribution in [2.75, 3.05) is 0 Å². The van der Waals surface area contributed by atoms with E-state index in [2.05, 4.69) is 15.0 Å². The van der Waals surface area contributed by atoms with E-state index in [4.69, 9.17) is 5.53 Å². The zero-order valence-corrected chi connectivity index (χ0v) is 7.70. The molecule has 2 aromatic rings. The monoisotopic (exact) mass is 187 g/mol. The highest BCUT2D eigenvalue weighted by Crippen LogP contribution is 2.16. The number of rotatable bonds is 2. The van der Waals surface area contributed by atoms with Crippen LogP contribution < -0.4 is 0 Å². The fourth-order valence-electron chi connectivity index (χ4n) is 1.33. The van der Waals surface area contributed by atoms with E-state index < -0.39 is 0 Å². The Balaban J connectivity index is 2.48. The number of imidazole rings is 1. The predicted octanol–water partition coefficient (Wildman–Crippen LogP) is 2.71. The summed E-state index contributed by atoms with van der Waals surface area (Å²) in [5.41, 5.74) is 10.2. The molecule has 2 heterocycles. The third-order valence-corrected chi connectivity index (χ3v) is 2.12. The van der Waals surface area contributed by atoms with Gasteiger partial charge in [-0.2, -0.15) is 0 Å². The number of fused-ring (bicyclic) bond motifs is 1. The van der Waals surface area contributed by atoms with Gasteiger partial charge >= 0.3 is 0 Å². The van der Waals surface area contributed by atoms with Crippen LogP contribution in [0.2, 0.25) is 0 Å². The first kappa shape index (κ1) is 8.59. The molecule has 5 heteroatoms. The highest BCUT2D eigenvalue weighted by Gasteiger charge is 2.03. The number of azide groups is 1. The predicted molar refractivity (Wildman–Crippen MR) is 52.8 cm³/mol. The van der Waals surface area contributed by atoms with Gasteiger partial charge in [0, 0.05) is 23.5 Å². The molecule has 0 fully saturated rings. The van der Waals surface area contributed by atoms with Crippen LogP contribution in [0.5, 0.6) is 0 Å². The molecule has 0 aliphatic heterocycles. The smallest absolute Gasteiger partial charge is 0.136 e. The summed E-state index contributed by atoms with van der Waals surface area (Å²) in [5, 5.41) is 3.63. The van der Waals surface area contributed by atoms with Crippen LogP contribution in [0.3, 0.4) is 0 Å². The van der Waals surface area contributed by atoms with Crippen molar-refractivity contribution >= 4 is 5.65 Å². The Morgan fingerprint density at radius 2 is 2.43 bits per heavy atom. The van der Waals surface area contributed by atoms with E-state index in [0.29, 0.717) is 0 Å². The molecule has 0 saturated carbocycles. The maximum absolute atomic E-state index is 8.31. The number of pyridine rings is 1. The van der Waals surface area contributed by atoms with E-state index in [9.17, 15) is 0 Å². The van der Waals surface area contributed by atoms with Gasteiger partial charge in [-0.25, -0.2) is 4.98 Å². The first-order valence-electron chi connectivity index (χ1n) is 4.28. The molecule has 1 atom stereocenters. The minimum atomic E-state index is -0.146. The summed E-state index contributed by atoms with van der Waals surface area (Å²) in [5.74, 6) is 0. The van der Waals surface area contributed by atoms with Gasteiger partial charge in [0.25, 0.3) is 0 Å². The number of hydrogen-bond acceptors (Lipinski definition) is 2. The van der Waals surface area contributed by atoms with E-state index in [0.717, 1.165) is 11.2 Å². The average molecular weight is 187 g/mol. The lowest BCUT2D eigenvalue weighted by Gasteiger charge is -2.04. The first-order valence-corrected chi connectivity index (χ1v) is 4.28. The Morgan fingerprint density at radius 3 is 3.21 bits per heavy atom. The van der Waals surface area contributed by atoms with E-state index in [1.807, 2.05) is 35.9 Å². The van der Waals surface area contributed by atoms with Crippen molar-refractivity contribution in [1.29, 1.82) is 0 Å². The van der Waals surface area contributed by atoms with Crippen LogP contribution in [0.15, 0.2) is 35.8 Å². The van der Waals surface area contributed by atoms with Gasteiger partial charge in [0.15, 0.2) is 0 Å². The highest BCUT2D eigenvalue weighted by atomic mass is 15.1. The summed E-state index contributed by atoms with van der Waals surface area (Å²) in [6.07, 6.45) is 5.51. The second kappa shape index (κ2) is 3.40. The lowest BCUT2D eigenvalue weighted by atomic mass is 10.1. The maximum atomic E-state index is 8.31. The van der Waals surface area contributed by atoms with Crippen molar-refractivity contribution < 1.29 is 0 Å². The molecule has 0 saturated heterocycles. The minimum absolute atomic E-state index is 0.146. The van der Waals surface area contributed by atoms with Crippen molar-refractivity contribution in [1.82, 2.24) is 9.38 Å². The van der Waals surface area contributed by atoms with E-state index >= 15 is 0 Å². The Morgan fingerprint density at radius 1 is 1.57 bits per heavy atom. The van der Waals surface area contributed by atoms with E-state index in [-0.39, 0.29) is 6.04 Å². The van der Waals surface area contributed by atoms with E-state index in [1.165, 1.54) is 0 Å². The average Bonchev–Trinajstić information content (AvgIpc) is 2.64. The van der Waals surface area contributed by atoms with Crippen molar-refractivity contribution in [2.24, 2.45) is 5.11 Å². The van der Waals surface area contributed by atoms with Crippen molar-refractivity contribution in [3.05, 3.63) is 46.7 Å². The molecular formula is C9H9N5. The zero-order valence-electron chi connectivity index (χ0n) is 7.70. The summed E-state index contributed by atoms with van der Waals surface area (Å²) in [6.45, 7) is 1.86. The van der Waals surface area contributed by atoms with Gasteiger partial charge in [-0.3, -0.25) is 0 Å². The molecule has 2 rings (SSSR count). The Bertz CT molecular complexity index is 495. The van der Waals surface area contributed by atoms with Crippen molar-refractivity contribution in [2.45, 2.75) is 13.0 Å². The Kier molecular flexibility index (Phi) is 2.08. The van der Waals surface area contributed by atoms with E-state index in [1.54, 1.807) is 6.20 Å². The summed E-state index contributed by atoms with van der Waals surface area (Å²) in [4.78, 5) is 6.90. The molecule has 0 bridgehead atoms.